The molecule has 12 heavy (non-hydrogen) atoms. The van der Waals surface area contributed by atoms with Gasteiger partial charge in [0.25, 0.3) is 5.56 Å². The van der Waals surface area contributed by atoms with Gasteiger partial charge in [0.15, 0.2) is 0 Å². The summed E-state index contributed by atoms with van der Waals surface area (Å²) in [6, 6.07) is 1.96. The van der Waals surface area contributed by atoms with Crippen molar-refractivity contribution < 1.29 is 0 Å². The van der Waals surface area contributed by atoms with Crippen LogP contribution in [0.1, 0.15) is 11.3 Å². The van der Waals surface area contributed by atoms with Gasteiger partial charge in [0.2, 0.25) is 0 Å². The minimum atomic E-state index is -0.0330. The first kappa shape index (κ1) is 7.16. The number of hydrogen-bond acceptors (Lipinski definition) is 2. The lowest BCUT2D eigenvalue weighted by molar-refractivity contribution is 1.12. The van der Waals surface area contributed by atoms with Crippen molar-refractivity contribution in [1.82, 2.24) is 4.98 Å². The molecule has 0 bridgehead atoms. The van der Waals surface area contributed by atoms with E-state index in [4.69, 9.17) is 0 Å². The van der Waals surface area contributed by atoms with E-state index in [1.165, 1.54) is 0 Å². The molecule has 1 aromatic heterocycles. The van der Waals surface area contributed by atoms with Crippen LogP contribution >= 0.6 is 0 Å². The largest absolute Gasteiger partial charge is 0.377 e. The van der Waals surface area contributed by atoms with E-state index in [0.29, 0.717) is 5.69 Å². The van der Waals surface area contributed by atoms with Crippen molar-refractivity contribution in [3.8, 4) is 0 Å². The number of H-pyrrole nitrogens is 1. The summed E-state index contributed by atoms with van der Waals surface area (Å²) < 4.78 is 0. The van der Waals surface area contributed by atoms with Crippen LogP contribution in [-0.2, 0) is 0 Å². The van der Waals surface area contributed by atoms with Gasteiger partial charge < -0.3 is 10.3 Å². The summed E-state index contributed by atoms with van der Waals surface area (Å²) in [4.78, 5) is 14.1. The molecule has 0 aliphatic carbocycles. The molecule has 3 nitrogen and oxygen atoms in total. The van der Waals surface area contributed by atoms with E-state index in [-0.39, 0.29) is 5.56 Å². The van der Waals surface area contributed by atoms with Crippen molar-refractivity contribution in [2.45, 2.75) is 6.92 Å². The zero-order chi connectivity index (χ0) is 8.55. The molecular formula is C9H10N2O. The third-order valence-electron chi connectivity index (χ3n) is 1.89. The van der Waals surface area contributed by atoms with Crippen LogP contribution in [0.5, 0.6) is 0 Å². The van der Waals surface area contributed by atoms with Crippen LogP contribution in [0.25, 0.3) is 6.08 Å². The van der Waals surface area contributed by atoms with Crippen LogP contribution in [0.15, 0.2) is 16.9 Å². The van der Waals surface area contributed by atoms with Gasteiger partial charge >= 0.3 is 0 Å². The van der Waals surface area contributed by atoms with Crippen molar-refractivity contribution in [3.05, 3.63) is 33.8 Å². The predicted octanol–water partition coefficient (Wildman–Crippen LogP) is 1.12. The fourth-order valence-electron chi connectivity index (χ4n) is 1.37. The average molecular weight is 162 g/mol. The van der Waals surface area contributed by atoms with Crippen molar-refractivity contribution >= 4 is 11.8 Å². The van der Waals surface area contributed by atoms with Crippen molar-refractivity contribution in [1.29, 1.82) is 0 Å². The molecule has 2 N–H and O–H groups in total. The number of aromatic amines is 1. The summed E-state index contributed by atoms with van der Waals surface area (Å²) >= 11 is 0. The first-order valence-corrected chi connectivity index (χ1v) is 3.92. The topological polar surface area (TPSA) is 44.9 Å². The van der Waals surface area contributed by atoms with Gasteiger partial charge in [-0.3, -0.25) is 4.79 Å². The van der Waals surface area contributed by atoms with Crippen LogP contribution in [0.2, 0.25) is 0 Å². The van der Waals surface area contributed by atoms with E-state index < -0.39 is 0 Å². The summed E-state index contributed by atoms with van der Waals surface area (Å²) in [6.07, 6.45) is 3.97. The molecule has 62 valence electrons. The van der Waals surface area contributed by atoms with Gasteiger partial charge in [-0.15, -0.1) is 0 Å². The number of hydrogen-bond donors (Lipinski definition) is 2. The summed E-state index contributed by atoms with van der Waals surface area (Å²) in [7, 11) is 0. The Bertz CT molecular complexity index is 390. The summed E-state index contributed by atoms with van der Waals surface area (Å²) in [5, 5.41) is 3.03. The van der Waals surface area contributed by atoms with Crippen molar-refractivity contribution in [3.63, 3.8) is 0 Å². The fourth-order valence-corrected chi connectivity index (χ4v) is 1.37. The number of rotatable bonds is 0. The van der Waals surface area contributed by atoms with Crippen molar-refractivity contribution in [2.75, 3.05) is 11.9 Å². The van der Waals surface area contributed by atoms with Gasteiger partial charge in [0, 0.05) is 17.8 Å². The maximum absolute atomic E-state index is 11.3. The zero-order valence-electron chi connectivity index (χ0n) is 6.85. The Balaban J connectivity index is 2.71. The number of anilines is 1. The molecule has 1 aromatic rings. The normalized spacial score (nSPS) is 13.8. The standard InChI is InChI=1S/C9H10N2O/c1-6-5-7-3-2-4-10-8(7)9(12)11-6/h2-3,5,10H,4H2,1H3,(H,11,12). The summed E-state index contributed by atoms with van der Waals surface area (Å²) in [6.45, 7) is 2.61. The smallest absolute Gasteiger partial charge is 0.272 e. The van der Waals surface area contributed by atoms with Gasteiger partial charge in [-0.25, -0.2) is 0 Å². The molecule has 0 unspecified atom stereocenters. The molecule has 0 spiro atoms. The Kier molecular flexibility index (Phi) is 1.50. The highest BCUT2D eigenvalue weighted by Gasteiger charge is 2.07. The van der Waals surface area contributed by atoms with Crippen molar-refractivity contribution in [2.24, 2.45) is 0 Å². The fraction of sp³-hybridized carbons (Fsp3) is 0.222. The van der Waals surface area contributed by atoms with Gasteiger partial charge in [0.1, 0.15) is 5.69 Å². The lowest BCUT2D eigenvalue weighted by Crippen LogP contribution is -2.18. The van der Waals surface area contributed by atoms with Crippen LogP contribution in [0, 0.1) is 6.92 Å². The number of fused-ring (bicyclic) bond motifs is 1. The minimum Gasteiger partial charge on any atom is -0.377 e. The molecular weight excluding hydrogens is 152 g/mol. The van der Waals surface area contributed by atoms with E-state index in [1.54, 1.807) is 0 Å². The number of nitrogens with one attached hydrogen (secondary N) is 2. The van der Waals surface area contributed by atoms with E-state index >= 15 is 0 Å². The Morgan fingerprint density at radius 1 is 1.50 bits per heavy atom. The molecule has 2 rings (SSSR count). The van der Waals surface area contributed by atoms with Crippen LogP contribution in [0.4, 0.5) is 5.69 Å². The first-order valence-electron chi connectivity index (χ1n) is 3.92. The number of aromatic nitrogens is 1. The Morgan fingerprint density at radius 3 is 3.17 bits per heavy atom. The highest BCUT2D eigenvalue weighted by Crippen LogP contribution is 2.15. The second-order valence-electron chi connectivity index (χ2n) is 2.90. The lowest BCUT2D eigenvalue weighted by atomic mass is 10.1. The SMILES string of the molecule is Cc1cc2c(c(=O)[nH]1)NCC=C2. The number of aryl methyl sites for hydroxylation is 1. The Morgan fingerprint density at radius 2 is 2.33 bits per heavy atom. The van der Waals surface area contributed by atoms with E-state index in [2.05, 4.69) is 10.3 Å². The van der Waals surface area contributed by atoms with Crippen LogP contribution < -0.4 is 10.9 Å². The van der Waals surface area contributed by atoms with Gasteiger partial charge in [-0.2, -0.15) is 0 Å². The second-order valence-corrected chi connectivity index (χ2v) is 2.90. The van der Waals surface area contributed by atoms with Gasteiger partial charge in [0.05, 0.1) is 0 Å². The van der Waals surface area contributed by atoms with Gasteiger partial charge in [-0.05, 0) is 13.0 Å². The molecule has 3 heteroatoms. The molecule has 0 saturated heterocycles. The third kappa shape index (κ3) is 1.03. The van der Waals surface area contributed by atoms with Gasteiger partial charge in [-0.1, -0.05) is 12.2 Å². The second kappa shape index (κ2) is 2.52. The molecule has 0 aromatic carbocycles. The highest BCUT2D eigenvalue weighted by atomic mass is 16.1. The molecule has 0 radical (unpaired) electrons. The van der Waals surface area contributed by atoms with E-state index in [0.717, 1.165) is 17.8 Å². The monoisotopic (exact) mass is 162 g/mol. The Hall–Kier alpha value is -1.51. The molecule has 0 saturated carbocycles. The highest BCUT2D eigenvalue weighted by molar-refractivity contribution is 5.69. The molecule has 1 aliphatic rings. The zero-order valence-corrected chi connectivity index (χ0v) is 6.85. The molecule has 0 amide bonds. The molecule has 0 fully saturated rings. The molecule has 1 aliphatic heterocycles. The van der Waals surface area contributed by atoms with E-state index in [9.17, 15) is 4.79 Å². The average Bonchev–Trinajstić information content (AvgIpc) is 2.04. The maximum Gasteiger partial charge on any atom is 0.272 e. The van der Waals surface area contributed by atoms with Crippen LogP contribution in [0.3, 0.4) is 0 Å². The molecule has 0 atom stereocenters. The number of pyridine rings is 1. The third-order valence-corrected chi connectivity index (χ3v) is 1.89. The van der Waals surface area contributed by atoms with Crippen LogP contribution in [-0.4, -0.2) is 11.5 Å². The molecule has 2 heterocycles. The quantitative estimate of drug-likeness (QED) is 0.600. The first-order chi connectivity index (χ1) is 5.77. The summed E-state index contributed by atoms with van der Waals surface area (Å²) in [5.41, 5.74) is 2.52. The van der Waals surface area contributed by atoms with E-state index in [1.807, 2.05) is 25.1 Å². The minimum absolute atomic E-state index is 0.0330. The lowest BCUT2D eigenvalue weighted by Gasteiger charge is -2.11. The summed E-state index contributed by atoms with van der Waals surface area (Å²) in [5.74, 6) is 0. The Labute approximate surface area is 70.1 Å². The maximum atomic E-state index is 11.3. The predicted molar refractivity (Wildman–Crippen MR) is 49.3 cm³/mol.